The van der Waals surface area contributed by atoms with Crippen molar-refractivity contribution in [2.75, 3.05) is 20.1 Å². The predicted octanol–water partition coefficient (Wildman–Crippen LogP) is 3.79. The molecule has 1 N–H and O–H groups in total. The van der Waals surface area contributed by atoms with Crippen LogP contribution in [0.1, 0.15) is 45.1 Å². The molecule has 0 aliphatic heterocycles. The molecule has 0 bridgehead atoms. The second-order valence-corrected chi connectivity index (χ2v) is 7.17. The van der Waals surface area contributed by atoms with Crippen molar-refractivity contribution in [3.8, 4) is 0 Å². The third-order valence-electron chi connectivity index (χ3n) is 4.00. The van der Waals surface area contributed by atoms with Gasteiger partial charge in [-0.05, 0) is 43.4 Å². The maximum atomic E-state index is 13.3. The first kappa shape index (κ1) is 21.4. The Bertz CT molecular complexity index is 561. The van der Waals surface area contributed by atoms with Crippen molar-refractivity contribution in [3.63, 3.8) is 0 Å². The summed E-state index contributed by atoms with van der Waals surface area (Å²) in [6.45, 7) is 5.69. The van der Waals surface area contributed by atoms with E-state index in [1.807, 2.05) is 26.0 Å². The number of carbonyl (C=O) groups excluding carboxylic acids is 2. The second-order valence-electron chi connectivity index (χ2n) is 6.74. The number of carbonyl (C=O) groups is 2. The minimum Gasteiger partial charge on any atom is -0.358 e. The molecule has 25 heavy (non-hydrogen) atoms. The van der Waals surface area contributed by atoms with Crippen molar-refractivity contribution in [3.05, 3.63) is 34.9 Å². The summed E-state index contributed by atoms with van der Waals surface area (Å²) in [7, 11) is 1.52. The highest BCUT2D eigenvalue weighted by molar-refractivity contribution is 6.30. The summed E-state index contributed by atoms with van der Waals surface area (Å²) in [6.07, 6.45) is -0.174. The van der Waals surface area contributed by atoms with Crippen molar-refractivity contribution in [1.29, 1.82) is 0 Å². The van der Waals surface area contributed by atoms with E-state index in [9.17, 15) is 14.0 Å². The van der Waals surface area contributed by atoms with Gasteiger partial charge in [0.05, 0.1) is 18.6 Å². The Labute approximate surface area is 154 Å². The molecule has 1 aromatic rings. The molecular formula is C19H28ClFN2O2. The Morgan fingerprint density at radius 2 is 1.80 bits per heavy atom. The van der Waals surface area contributed by atoms with Crippen LogP contribution in [0.15, 0.2) is 24.3 Å². The summed E-state index contributed by atoms with van der Waals surface area (Å²) in [4.78, 5) is 26.4. The SMILES string of the molecule is CNC(=O)CN(CCC(C)F)C(=O)C(CC(C)C)c1ccc(Cl)cc1. The molecule has 0 radical (unpaired) electrons. The van der Waals surface area contributed by atoms with Crippen LogP contribution in [0.3, 0.4) is 0 Å². The Kier molecular flexibility index (Phi) is 8.90. The lowest BCUT2D eigenvalue weighted by Gasteiger charge is -2.28. The number of nitrogens with zero attached hydrogens (tertiary/aromatic N) is 1. The van der Waals surface area contributed by atoms with Crippen LogP contribution in [0.25, 0.3) is 0 Å². The van der Waals surface area contributed by atoms with Gasteiger partial charge in [0.15, 0.2) is 0 Å². The molecule has 1 rings (SSSR count). The first-order valence-corrected chi connectivity index (χ1v) is 9.01. The van der Waals surface area contributed by atoms with E-state index in [1.165, 1.54) is 18.9 Å². The van der Waals surface area contributed by atoms with Gasteiger partial charge in [-0.15, -0.1) is 0 Å². The lowest BCUT2D eigenvalue weighted by Crippen LogP contribution is -2.43. The van der Waals surface area contributed by atoms with Crippen molar-refractivity contribution >= 4 is 23.4 Å². The minimum absolute atomic E-state index is 0.0652. The van der Waals surface area contributed by atoms with Gasteiger partial charge in [0.1, 0.15) is 0 Å². The van der Waals surface area contributed by atoms with Crippen LogP contribution in [-0.2, 0) is 9.59 Å². The first-order chi connectivity index (χ1) is 11.7. The van der Waals surface area contributed by atoms with Crippen LogP contribution < -0.4 is 5.32 Å². The van der Waals surface area contributed by atoms with Crippen LogP contribution in [0, 0.1) is 5.92 Å². The highest BCUT2D eigenvalue weighted by Gasteiger charge is 2.28. The molecule has 0 fully saturated rings. The molecule has 1 aromatic carbocycles. The number of nitrogens with one attached hydrogen (secondary N) is 1. The fraction of sp³-hybridized carbons (Fsp3) is 0.579. The van der Waals surface area contributed by atoms with E-state index in [0.29, 0.717) is 17.4 Å². The molecule has 0 heterocycles. The van der Waals surface area contributed by atoms with Gasteiger partial charge < -0.3 is 10.2 Å². The van der Waals surface area contributed by atoms with E-state index in [4.69, 9.17) is 11.6 Å². The van der Waals surface area contributed by atoms with Crippen molar-refractivity contribution in [2.24, 2.45) is 5.92 Å². The highest BCUT2D eigenvalue weighted by Crippen LogP contribution is 2.27. The summed E-state index contributed by atoms with van der Waals surface area (Å²) in [5.41, 5.74) is 0.860. The van der Waals surface area contributed by atoms with Crippen LogP contribution in [0.4, 0.5) is 4.39 Å². The molecule has 2 atom stereocenters. The van der Waals surface area contributed by atoms with Crippen molar-refractivity contribution in [2.45, 2.75) is 45.7 Å². The molecule has 0 aromatic heterocycles. The van der Waals surface area contributed by atoms with Gasteiger partial charge in [-0.2, -0.15) is 0 Å². The fourth-order valence-corrected chi connectivity index (χ4v) is 2.75. The topological polar surface area (TPSA) is 49.4 Å². The molecule has 0 aliphatic rings. The quantitative estimate of drug-likeness (QED) is 0.718. The Hall–Kier alpha value is -1.62. The summed E-state index contributed by atoms with van der Waals surface area (Å²) in [5.74, 6) is -0.497. The number of halogens is 2. The monoisotopic (exact) mass is 370 g/mol. The third kappa shape index (κ3) is 7.43. The predicted molar refractivity (Wildman–Crippen MR) is 99.5 cm³/mol. The van der Waals surface area contributed by atoms with Crippen LogP contribution in [-0.4, -0.2) is 43.0 Å². The van der Waals surface area contributed by atoms with Gasteiger partial charge in [0, 0.05) is 18.6 Å². The zero-order valence-electron chi connectivity index (χ0n) is 15.4. The van der Waals surface area contributed by atoms with Gasteiger partial charge in [-0.25, -0.2) is 4.39 Å². The van der Waals surface area contributed by atoms with Crippen molar-refractivity contribution in [1.82, 2.24) is 10.2 Å². The Morgan fingerprint density at radius 1 is 1.20 bits per heavy atom. The molecule has 140 valence electrons. The van der Waals surface area contributed by atoms with Crippen LogP contribution in [0.2, 0.25) is 5.02 Å². The molecule has 6 heteroatoms. The summed E-state index contributed by atoms with van der Waals surface area (Å²) < 4.78 is 13.3. The Balaban J connectivity index is 3.06. The molecule has 0 spiro atoms. The zero-order valence-corrected chi connectivity index (χ0v) is 16.1. The number of alkyl halides is 1. The molecule has 0 saturated heterocycles. The van der Waals surface area contributed by atoms with E-state index in [0.717, 1.165) is 5.56 Å². The number of amides is 2. The van der Waals surface area contributed by atoms with E-state index >= 15 is 0 Å². The van der Waals surface area contributed by atoms with Gasteiger partial charge in [-0.1, -0.05) is 37.6 Å². The zero-order chi connectivity index (χ0) is 19.0. The number of benzene rings is 1. The molecule has 0 aliphatic carbocycles. The lowest BCUT2D eigenvalue weighted by atomic mass is 9.89. The van der Waals surface area contributed by atoms with E-state index in [2.05, 4.69) is 5.32 Å². The van der Waals surface area contributed by atoms with E-state index < -0.39 is 6.17 Å². The minimum atomic E-state index is -1.03. The number of hydrogen-bond acceptors (Lipinski definition) is 2. The maximum absolute atomic E-state index is 13.3. The fourth-order valence-electron chi connectivity index (χ4n) is 2.62. The van der Waals surface area contributed by atoms with Gasteiger partial charge >= 0.3 is 0 Å². The molecule has 0 saturated carbocycles. The normalized spacial score (nSPS) is 13.4. The Morgan fingerprint density at radius 3 is 2.28 bits per heavy atom. The number of hydrogen-bond donors (Lipinski definition) is 1. The van der Waals surface area contributed by atoms with Gasteiger partial charge in [0.2, 0.25) is 11.8 Å². The first-order valence-electron chi connectivity index (χ1n) is 8.63. The molecular weight excluding hydrogens is 343 g/mol. The second kappa shape index (κ2) is 10.4. The highest BCUT2D eigenvalue weighted by atomic mass is 35.5. The van der Waals surface area contributed by atoms with Gasteiger partial charge in [-0.3, -0.25) is 9.59 Å². The average molecular weight is 371 g/mol. The number of rotatable bonds is 9. The summed E-state index contributed by atoms with van der Waals surface area (Å²) in [6, 6.07) is 7.18. The third-order valence-corrected chi connectivity index (χ3v) is 4.25. The van der Waals surface area contributed by atoms with Crippen LogP contribution in [0.5, 0.6) is 0 Å². The van der Waals surface area contributed by atoms with E-state index in [1.54, 1.807) is 12.1 Å². The van der Waals surface area contributed by atoms with Gasteiger partial charge in [0.25, 0.3) is 0 Å². The lowest BCUT2D eigenvalue weighted by molar-refractivity contribution is -0.137. The molecule has 2 amide bonds. The van der Waals surface area contributed by atoms with Crippen LogP contribution >= 0.6 is 11.6 Å². The molecule has 2 unspecified atom stereocenters. The largest absolute Gasteiger partial charge is 0.358 e. The average Bonchev–Trinajstić information content (AvgIpc) is 2.56. The summed E-state index contributed by atoms with van der Waals surface area (Å²) >= 11 is 5.95. The van der Waals surface area contributed by atoms with E-state index in [-0.39, 0.29) is 37.2 Å². The number of likely N-dealkylation sites (N-methyl/N-ethyl adjacent to an activating group) is 1. The maximum Gasteiger partial charge on any atom is 0.239 e. The summed E-state index contributed by atoms with van der Waals surface area (Å²) in [5, 5.41) is 3.13. The van der Waals surface area contributed by atoms with Crippen molar-refractivity contribution < 1.29 is 14.0 Å². The molecule has 4 nitrogen and oxygen atoms in total. The smallest absolute Gasteiger partial charge is 0.239 e. The standard InChI is InChI=1S/C19H28ClFN2O2/c1-13(2)11-17(15-5-7-16(20)8-6-15)19(25)23(10-9-14(3)21)12-18(24)22-4/h5-8,13-14,17H,9-12H2,1-4H3,(H,22,24).